The molecule has 2 rings (SSSR count). The molecule has 2 aromatic carbocycles. The zero-order valence-corrected chi connectivity index (χ0v) is 14.3. The third-order valence-electron chi connectivity index (χ3n) is 2.41. The van der Waals surface area contributed by atoms with E-state index in [2.05, 4.69) is 0 Å². The van der Waals surface area contributed by atoms with Gasteiger partial charge in [0.25, 0.3) is 0 Å². The molecular formula is C15H14AcO. The van der Waals surface area contributed by atoms with Crippen molar-refractivity contribution in [2.45, 2.75) is 6.10 Å². The Kier molecular flexibility index (Phi) is 6.74. The van der Waals surface area contributed by atoms with E-state index in [4.69, 9.17) is 0 Å². The van der Waals surface area contributed by atoms with Crippen LogP contribution in [0.4, 0.5) is 0 Å². The van der Waals surface area contributed by atoms with Crippen LogP contribution in [-0.4, -0.2) is 5.11 Å². The normalized spacial score (nSPS) is 12.1. The Morgan fingerprint density at radius 2 is 1.35 bits per heavy atom. The minimum absolute atomic E-state index is 0. The van der Waals surface area contributed by atoms with Gasteiger partial charge in [-0.2, -0.15) is 0 Å². The molecule has 0 aliphatic rings. The maximum atomic E-state index is 9.90. The summed E-state index contributed by atoms with van der Waals surface area (Å²) in [5.41, 5.74) is 2.01. The maximum absolute atomic E-state index is 9.90. The third-order valence-corrected chi connectivity index (χ3v) is 2.41. The fourth-order valence-corrected chi connectivity index (χ4v) is 1.53. The Morgan fingerprint density at radius 1 is 0.824 bits per heavy atom. The largest absolute Gasteiger partial charge is 0.384 e. The van der Waals surface area contributed by atoms with Crippen molar-refractivity contribution in [3.8, 4) is 0 Å². The van der Waals surface area contributed by atoms with Crippen LogP contribution in [0, 0.1) is 44.1 Å². The molecule has 0 saturated carbocycles. The molecule has 1 N–H and O–H groups in total. The first-order valence-electron chi connectivity index (χ1n) is 5.32. The Labute approximate surface area is 138 Å². The molecule has 0 aliphatic heterocycles. The van der Waals surface area contributed by atoms with Crippen LogP contribution in [0.5, 0.6) is 0 Å². The van der Waals surface area contributed by atoms with Crippen molar-refractivity contribution in [1.82, 2.24) is 0 Å². The molecule has 1 nitrogen and oxygen atoms in total. The smallest absolute Gasteiger partial charge is 0.0975 e. The van der Waals surface area contributed by atoms with Gasteiger partial charge in [0, 0.05) is 44.1 Å². The van der Waals surface area contributed by atoms with Crippen molar-refractivity contribution in [3.05, 3.63) is 77.9 Å². The van der Waals surface area contributed by atoms with E-state index in [0.29, 0.717) is 0 Å². The van der Waals surface area contributed by atoms with Gasteiger partial charge >= 0.3 is 0 Å². The standard InChI is InChI=1S/C15H14O.Ac/c16-15(14-9-5-2-6-10-14)12-11-13-7-3-1-4-8-13;/h1-12,15-16H;/b12-11+;. The van der Waals surface area contributed by atoms with E-state index in [0.717, 1.165) is 11.1 Å². The maximum Gasteiger partial charge on any atom is 0.0975 e. The van der Waals surface area contributed by atoms with Crippen LogP contribution in [-0.2, 0) is 0 Å². The fourth-order valence-electron chi connectivity index (χ4n) is 1.53. The number of aliphatic hydroxyl groups is 1. The summed E-state index contributed by atoms with van der Waals surface area (Å²) in [6.07, 6.45) is 3.18. The van der Waals surface area contributed by atoms with Crippen molar-refractivity contribution in [1.29, 1.82) is 0 Å². The number of aliphatic hydroxyl groups excluding tert-OH is 1. The molecule has 0 amide bonds. The number of hydrogen-bond donors (Lipinski definition) is 1. The summed E-state index contributed by atoms with van der Waals surface area (Å²) < 4.78 is 0. The Hall–Kier alpha value is -0.418. The molecule has 0 aliphatic carbocycles. The average Bonchev–Trinajstić information content (AvgIpc) is 2.38. The van der Waals surface area contributed by atoms with Gasteiger partial charge in [-0.1, -0.05) is 72.8 Å². The average molecular weight is 437 g/mol. The van der Waals surface area contributed by atoms with E-state index in [1.807, 2.05) is 66.7 Å². The second-order valence-corrected chi connectivity index (χ2v) is 3.63. The topological polar surface area (TPSA) is 20.2 Å². The van der Waals surface area contributed by atoms with Crippen LogP contribution in [0.2, 0.25) is 0 Å². The van der Waals surface area contributed by atoms with Gasteiger partial charge in [-0.25, -0.2) is 0 Å². The minimum Gasteiger partial charge on any atom is -0.384 e. The van der Waals surface area contributed by atoms with E-state index in [9.17, 15) is 5.11 Å². The van der Waals surface area contributed by atoms with Crippen molar-refractivity contribution in [2.75, 3.05) is 0 Å². The van der Waals surface area contributed by atoms with Crippen LogP contribution in [0.15, 0.2) is 66.7 Å². The first-order chi connectivity index (χ1) is 7.86. The summed E-state index contributed by atoms with van der Waals surface area (Å²) in [6.45, 7) is 0. The number of rotatable bonds is 3. The fraction of sp³-hybridized carbons (Fsp3) is 0.0667. The van der Waals surface area contributed by atoms with Crippen molar-refractivity contribution in [3.63, 3.8) is 0 Å². The van der Waals surface area contributed by atoms with Gasteiger partial charge in [0.05, 0.1) is 6.10 Å². The van der Waals surface area contributed by atoms with Crippen LogP contribution in [0.25, 0.3) is 6.08 Å². The van der Waals surface area contributed by atoms with Crippen LogP contribution < -0.4 is 0 Å². The Bertz CT molecular complexity index is 451. The van der Waals surface area contributed by atoms with Crippen LogP contribution in [0.3, 0.4) is 0 Å². The zero-order valence-electron chi connectivity index (χ0n) is 9.53. The summed E-state index contributed by atoms with van der Waals surface area (Å²) in [5, 5.41) is 9.90. The first kappa shape index (κ1) is 14.6. The first-order valence-corrected chi connectivity index (χ1v) is 5.32. The molecule has 1 radical (unpaired) electrons. The summed E-state index contributed by atoms with van der Waals surface area (Å²) in [6, 6.07) is 19.6. The van der Waals surface area contributed by atoms with Gasteiger partial charge in [-0.15, -0.1) is 0 Å². The van der Waals surface area contributed by atoms with Crippen LogP contribution in [0.1, 0.15) is 17.2 Å². The molecule has 0 bridgehead atoms. The number of hydrogen-bond acceptors (Lipinski definition) is 1. The molecule has 2 aromatic rings. The predicted molar refractivity (Wildman–Crippen MR) is 66.9 cm³/mol. The minimum atomic E-state index is -0.540. The second-order valence-electron chi connectivity index (χ2n) is 3.63. The van der Waals surface area contributed by atoms with Crippen molar-refractivity contribution < 1.29 is 49.2 Å². The summed E-state index contributed by atoms with van der Waals surface area (Å²) in [4.78, 5) is 0. The van der Waals surface area contributed by atoms with E-state index in [1.165, 1.54) is 0 Å². The molecular weight excluding hydrogens is 423 g/mol. The van der Waals surface area contributed by atoms with Gasteiger partial charge in [-0.05, 0) is 11.1 Å². The van der Waals surface area contributed by atoms with E-state index >= 15 is 0 Å². The van der Waals surface area contributed by atoms with Gasteiger partial charge < -0.3 is 5.11 Å². The zero-order chi connectivity index (χ0) is 11.2. The molecule has 0 heterocycles. The molecule has 0 saturated heterocycles. The summed E-state index contributed by atoms with van der Waals surface area (Å²) in [5.74, 6) is 0. The Morgan fingerprint density at radius 3 is 1.94 bits per heavy atom. The quantitative estimate of drug-likeness (QED) is 0.781. The molecule has 0 fully saturated rings. The van der Waals surface area contributed by atoms with Gasteiger partial charge in [-0.3, -0.25) is 0 Å². The molecule has 1 unspecified atom stereocenters. The molecule has 83 valence electrons. The van der Waals surface area contributed by atoms with Crippen molar-refractivity contribution >= 4 is 6.08 Å². The predicted octanol–water partition coefficient (Wildman–Crippen LogP) is 3.43. The SMILES string of the molecule is OC(/C=C/c1ccccc1)c1ccccc1.[Ac]. The summed E-state index contributed by atoms with van der Waals surface area (Å²) >= 11 is 0. The van der Waals surface area contributed by atoms with E-state index < -0.39 is 6.10 Å². The molecule has 0 aromatic heterocycles. The van der Waals surface area contributed by atoms with Crippen molar-refractivity contribution in [2.24, 2.45) is 0 Å². The van der Waals surface area contributed by atoms with Gasteiger partial charge in [0.1, 0.15) is 0 Å². The molecule has 0 spiro atoms. The molecule has 1 atom stereocenters. The monoisotopic (exact) mass is 437 g/mol. The van der Waals surface area contributed by atoms with E-state index in [-0.39, 0.29) is 44.1 Å². The van der Waals surface area contributed by atoms with Gasteiger partial charge in [0.15, 0.2) is 0 Å². The number of benzene rings is 2. The Balaban J connectivity index is 0.00000144. The van der Waals surface area contributed by atoms with E-state index in [1.54, 1.807) is 6.08 Å². The summed E-state index contributed by atoms with van der Waals surface area (Å²) in [7, 11) is 0. The molecule has 2 heteroatoms. The third kappa shape index (κ3) is 4.76. The second kappa shape index (κ2) is 7.82. The molecule has 17 heavy (non-hydrogen) atoms. The van der Waals surface area contributed by atoms with Gasteiger partial charge in [0.2, 0.25) is 0 Å². The van der Waals surface area contributed by atoms with Crippen LogP contribution >= 0.6 is 0 Å².